The summed E-state index contributed by atoms with van der Waals surface area (Å²) in [6, 6.07) is 15.1. The van der Waals surface area contributed by atoms with Gasteiger partial charge in [0.15, 0.2) is 0 Å². The molecule has 0 atom stereocenters. The maximum atomic E-state index is 3.22. The lowest BCUT2D eigenvalue weighted by atomic mass is 9.95. The molecule has 18 heavy (non-hydrogen) atoms. The molecule has 1 N–H and O–H groups in total. The molecule has 0 bridgehead atoms. The fourth-order valence-electron chi connectivity index (χ4n) is 2.25. The Kier molecular flexibility index (Phi) is 5.39. The third kappa shape index (κ3) is 3.12. The lowest BCUT2D eigenvalue weighted by Gasteiger charge is -2.12. The molecule has 0 aliphatic rings. The van der Waals surface area contributed by atoms with Crippen LogP contribution >= 0.6 is 12.4 Å². The first kappa shape index (κ1) is 14.7. The number of hydrogen-bond donors (Lipinski definition) is 1. The maximum Gasteiger partial charge on any atom is 0.0207 e. The van der Waals surface area contributed by atoms with E-state index >= 15 is 0 Å². The zero-order chi connectivity index (χ0) is 12.3. The third-order valence-corrected chi connectivity index (χ3v) is 3.16. The average Bonchev–Trinajstić information content (AvgIpc) is 2.35. The Morgan fingerprint density at radius 3 is 1.94 bits per heavy atom. The normalized spacial score (nSPS) is 9.94. The van der Waals surface area contributed by atoms with Crippen LogP contribution in [0.15, 0.2) is 42.5 Å². The van der Waals surface area contributed by atoms with Gasteiger partial charge in [-0.05, 0) is 48.7 Å². The van der Waals surface area contributed by atoms with Crippen LogP contribution in [-0.4, -0.2) is 7.05 Å². The van der Waals surface area contributed by atoms with Crippen molar-refractivity contribution >= 4 is 12.4 Å². The van der Waals surface area contributed by atoms with Crippen molar-refractivity contribution in [2.45, 2.75) is 20.4 Å². The van der Waals surface area contributed by atoms with Gasteiger partial charge in [-0.25, -0.2) is 0 Å². The van der Waals surface area contributed by atoms with E-state index in [0.29, 0.717) is 0 Å². The molecule has 0 spiro atoms. The average molecular weight is 262 g/mol. The summed E-state index contributed by atoms with van der Waals surface area (Å²) in [5.74, 6) is 0. The SMILES string of the molecule is CNCc1c(C)cc(-c2ccccc2)cc1C.Cl. The molecule has 2 aromatic rings. The highest BCUT2D eigenvalue weighted by Crippen LogP contribution is 2.25. The van der Waals surface area contributed by atoms with E-state index in [9.17, 15) is 0 Å². The first-order valence-corrected chi connectivity index (χ1v) is 6.02. The number of hydrogen-bond acceptors (Lipinski definition) is 1. The van der Waals surface area contributed by atoms with Gasteiger partial charge in [-0.2, -0.15) is 0 Å². The van der Waals surface area contributed by atoms with Crippen molar-refractivity contribution in [2.24, 2.45) is 0 Å². The predicted octanol–water partition coefficient (Wildman–Crippen LogP) is 4.11. The summed E-state index contributed by atoms with van der Waals surface area (Å²) in [6.07, 6.45) is 0. The lowest BCUT2D eigenvalue weighted by molar-refractivity contribution is 0.806. The van der Waals surface area contributed by atoms with Gasteiger partial charge in [-0.1, -0.05) is 42.5 Å². The quantitative estimate of drug-likeness (QED) is 0.877. The standard InChI is InChI=1S/C16H19N.ClH/c1-12-9-15(14-7-5-4-6-8-14)10-13(2)16(12)11-17-3;/h4-10,17H,11H2,1-3H3;1H. The molecule has 2 heteroatoms. The Bertz CT molecular complexity index is 483. The van der Waals surface area contributed by atoms with Crippen LogP contribution in [0.3, 0.4) is 0 Å². The summed E-state index contributed by atoms with van der Waals surface area (Å²) >= 11 is 0. The molecule has 1 nitrogen and oxygen atoms in total. The fraction of sp³-hybridized carbons (Fsp3) is 0.250. The largest absolute Gasteiger partial charge is 0.316 e. The van der Waals surface area contributed by atoms with E-state index in [1.165, 1.54) is 27.8 Å². The van der Waals surface area contributed by atoms with Gasteiger partial charge in [0.2, 0.25) is 0 Å². The minimum atomic E-state index is 0. The molecule has 0 radical (unpaired) electrons. The first-order chi connectivity index (χ1) is 8.22. The molecule has 96 valence electrons. The highest BCUT2D eigenvalue weighted by molar-refractivity contribution is 5.85. The van der Waals surface area contributed by atoms with Crippen molar-refractivity contribution in [1.82, 2.24) is 5.32 Å². The van der Waals surface area contributed by atoms with Gasteiger partial charge >= 0.3 is 0 Å². The molecule has 0 heterocycles. The smallest absolute Gasteiger partial charge is 0.0207 e. The number of rotatable bonds is 3. The van der Waals surface area contributed by atoms with Gasteiger partial charge < -0.3 is 5.32 Å². The Labute approximate surface area is 116 Å². The van der Waals surface area contributed by atoms with Crippen molar-refractivity contribution in [3.63, 3.8) is 0 Å². The van der Waals surface area contributed by atoms with Crippen LogP contribution in [0, 0.1) is 13.8 Å². The van der Waals surface area contributed by atoms with Crippen LogP contribution in [0.2, 0.25) is 0 Å². The number of nitrogens with one attached hydrogen (secondary N) is 1. The van der Waals surface area contributed by atoms with E-state index in [1.807, 2.05) is 7.05 Å². The summed E-state index contributed by atoms with van der Waals surface area (Å²) in [7, 11) is 1.99. The van der Waals surface area contributed by atoms with Crippen LogP contribution in [0.4, 0.5) is 0 Å². The van der Waals surface area contributed by atoms with Crippen molar-refractivity contribution in [2.75, 3.05) is 7.05 Å². The van der Waals surface area contributed by atoms with Gasteiger partial charge in [0.1, 0.15) is 0 Å². The van der Waals surface area contributed by atoms with Crippen LogP contribution in [0.5, 0.6) is 0 Å². The lowest BCUT2D eigenvalue weighted by Crippen LogP contribution is -2.08. The van der Waals surface area contributed by atoms with E-state index in [-0.39, 0.29) is 12.4 Å². The molecule has 0 saturated carbocycles. The first-order valence-electron chi connectivity index (χ1n) is 6.02. The van der Waals surface area contributed by atoms with Crippen LogP contribution in [-0.2, 0) is 6.54 Å². The van der Waals surface area contributed by atoms with E-state index in [2.05, 4.69) is 61.6 Å². The van der Waals surface area contributed by atoms with Crippen LogP contribution in [0.1, 0.15) is 16.7 Å². The second-order valence-corrected chi connectivity index (χ2v) is 4.48. The number of aryl methyl sites for hydroxylation is 2. The molecule has 0 fully saturated rings. The van der Waals surface area contributed by atoms with Crippen molar-refractivity contribution in [1.29, 1.82) is 0 Å². The van der Waals surface area contributed by atoms with Crippen molar-refractivity contribution in [3.05, 3.63) is 59.2 Å². The molecule has 0 aliphatic carbocycles. The van der Waals surface area contributed by atoms with E-state index < -0.39 is 0 Å². The predicted molar refractivity (Wildman–Crippen MR) is 81.4 cm³/mol. The van der Waals surface area contributed by atoms with E-state index in [4.69, 9.17) is 0 Å². The topological polar surface area (TPSA) is 12.0 Å². The Balaban J connectivity index is 0.00000162. The molecule has 2 rings (SSSR count). The summed E-state index contributed by atoms with van der Waals surface area (Å²) in [5, 5.41) is 3.22. The third-order valence-electron chi connectivity index (χ3n) is 3.16. The van der Waals surface area contributed by atoms with Crippen LogP contribution in [0.25, 0.3) is 11.1 Å². The highest BCUT2D eigenvalue weighted by atomic mass is 35.5. The molecule has 0 aliphatic heterocycles. The molecule has 0 saturated heterocycles. The van der Waals surface area contributed by atoms with Gasteiger partial charge in [0.05, 0.1) is 0 Å². The summed E-state index contributed by atoms with van der Waals surface area (Å²) in [6.45, 7) is 5.31. The molecule has 0 unspecified atom stereocenters. The summed E-state index contributed by atoms with van der Waals surface area (Å²) in [4.78, 5) is 0. The molecular formula is C16H20ClN. The van der Waals surface area contributed by atoms with Gasteiger partial charge in [-0.15, -0.1) is 12.4 Å². The number of halogens is 1. The summed E-state index contributed by atoms with van der Waals surface area (Å²) in [5.41, 5.74) is 6.72. The van der Waals surface area contributed by atoms with Crippen molar-refractivity contribution in [3.8, 4) is 11.1 Å². The van der Waals surface area contributed by atoms with E-state index in [0.717, 1.165) is 6.54 Å². The highest BCUT2D eigenvalue weighted by Gasteiger charge is 2.05. The van der Waals surface area contributed by atoms with Gasteiger partial charge in [-0.3, -0.25) is 0 Å². The number of benzene rings is 2. The second kappa shape index (κ2) is 6.58. The minimum absolute atomic E-state index is 0. The summed E-state index contributed by atoms with van der Waals surface area (Å²) < 4.78 is 0. The Hall–Kier alpha value is -1.31. The van der Waals surface area contributed by atoms with Gasteiger partial charge in [0, 0.05) is 6.54 Å². The van der Waals surface area contributed by atoms with E-state index in [1.54, 1.807) is 0 Å². The second-order valence-electron chi connectivity index (χ2n) is 4.48. The Morgan fingerprint density at radius 1 is 0.889 bits per heavy atom. The van der Waals surface area contributed by atoms with Gasteiger partial charge in [0.25, 0.3) is 0 Å². The van der Waals surface area contributed by atoms with Crippen molar-refractivity contribution < 1.29 is 0 Å². The van der Waals surface area contributed by atoms with Crippen LogP contribution < -0.4 is 5.32 Å². The Morgan fingerprint density at radius 2 is 1.44 bits per heavy atom. The fourth-order valence-corrected chi connectivity index (χ4v) is 2.25. The zero-order valence-electron chi connectivity index (χ0n) is 11.2. The molecule has 2 aromatic carbocycles. The zero-order valence-corrected chi connectivity index (χ0v) is 12.0. The molecular weight excluding hydrogens is 242 g/mol. The monoisotopic (exact) mass is 261 g/mol. The minimum Gasteiger partial charge on any atom is -0.316 e. The molecule has 0 aromatic heterocycles. The molecule has 0 amide bonds. The maximum absolute atomic E-state index is 3.22.